The van der Waals surface area contributed by atoms with Crippen LogP contribution in [0.5, 0.6) is 0 Å². The van der Waals surface area contributed by atoms with E-state index in [4.69, 9.17) is 16.3 Å². The van der Waals surface area contributed by atoms with E-state index in [-0.39, 0.29) is 17.8 Å². The summed E-state index contributed by atoms with van der Waals surface area (Å²) in [6.07, 6.45) is 0.730. The van der Waals surface area contributed by atoms with Gasteiger partial charge in [-0.3, -0.25) is 15.2 Å². The number of amides is 1. The molecule has 2 heterocycles. The molecule has 0 radical (unpaired) electrons. The van der Waals surface area contributed by atoms with Gasteiger partial charge in [0.2, 0.25) is 11.9 Å². The number of nitrogens with one attached hydrogen (secondary N) is 2. The Morgan fingerprint density at radius 3 is 3.05 bits per heavy atom. The summed E-state index contributed by atoms with van der Waals surface area (Å²) in [6, 6.07) is 7.30. The molecular weight excluding hydrogens is 280 g/mol. The summed E-state index contributed by atoms with van der Waals surface area (Å²) in [7, 11) is 0. The molecule has 1 aromatic carbocycles. The van der Waals surface area contributed by atoms with Crippen LogP contribution in [0.25, 0.3) is 11.4 Å². The largest absolute Gasteiger partial charge is 0.381 e. The van der Waals surface area contributed by atoms with Gasteiger partial charge in [-0.1, -0.05) is 23.7 Å². The highest BCUT2D eigenvalue weighted by Gasteiger charge is 2.24. The maximum Gasteiger partial charge on any atom is 0.249 e. The van der Waals surface area contributed by atoms with Gasteiger partial charge in [0, 0.05) is 12.2 Å². The minimum Gasteiger partial charge on any atom is -0.381 e. The Morgan fingerprint density at radius 2 is 2.30 bits per heavy atom. The molecule has 7 heteroatoms. The first kappa shape index (κ1) is 13.1. The van der Waals surface area contributed by atoms with Crippen LogP contribution < -0.4 is 5.32 Å². The van der Waals surface area contributed by atoms with E-state index >= 15 is 0 Å². The normalized spacial score (nSPS) is 18.1. The Kier molecular flexibility index (Phi) is 3.66. The molecule has 1 aliphatic heterocycles. The van der Waals surface area contributed by atoms with E-state index in [1.54, 1.807) is 6.07 Å². The predicted octanol–water partition coefficient (Wildman–Crippen LogP) is 2.10. The van der Waals surface area contributed by atoms with Crippen LogP contribution in [0.2, 0.25) is 5.02 Å². The first-order valence-electron chi connectivity index (χ1n) is 6.30. The lowest BCUT2D eigenvalue weighted by Gasteiger charge is -2.05. The van der Waals surface area contributed by atoms with Crippen molar-refractivity contribution in [2.75, 3.05) is 18.5 Å². The summed E-state index contributed by atoms with van der Waals surface area (Å²) in [5.74, 6) is 0.523. The summed E-state index contributed by atoms with van der Waals surface area (Å²) >= 11 is 6.09. The number of anilines is 1. The van der Waals surface area contributed by atoms with Crippen LogP contribution in [0.3, 0.4) is 0 Å². The van der Waals surface area contributed by atoms with Gasteiger partial charge in [0.05, 0.1) is 17.5 Å². The van der Waals surface area contributed by atoms with Crippen molar-refractivity contribution in [2.24, 2.45) is 5.92 Å². The van der Waals surface area contributed by atoms with Gasteiger partial charge >= 0.3 is 0 Å². The Morgan fingerprint density at radius 1 is 1.45 bits per heavy atom. The molecule has 0 aliphatic carbocycles. The summed E-state index contributed by atoms with van der Waals surface area (Å²) < 4.78 is 5.18. The molecule has 1 atom stereocenters. The maximum atomic E-state index is 11.9. The monoisotopic (exact) mass is 292 g/mol. The average Bonchev–Trinajstić information content (AvgIpc) is 3.10. The second-order valence-corrected chi connectivity index (χ2v) is 4.94. The third-order valence-electron chi connectivity index (χ3n) is 3.15. The van der Waals surface area contributed by atoms with Crippen LogP contribution in [-0.4, -0.2) is 34.3 Å². The van der Waals surface area contributed by atoms with E-state index in [2.05, 4.69) is 20.5 Å². The molecule has 0 saturated carbocycles. The number of hydrogen-bond acceptors (Lipinski definition) is 4. The number of halogens is 1. The number of H-pyrrole nitrogens is 1. The van der Waals surface area contributed by atoms with Gasteiger partial charge in [-0.05, 0) is 18.6 Å². The molecule has 2 aromatic rings. The lowest BCUT2D eigenvalue weighted by atomic mass is 10.1. The first-order chi connectivity index (χ1) is 9.74. The Balaban J connectivity index is 1.74. The molecule has 6 nitrogen and oxygen atoms in total. The highest BCUT2D eigenvalue weighted by molar-refractivity contribution is 6.33. The molecule has 1 fully saturated rings. The zero-order valence-corrected chi connectivity index (χ0v) is 11.4. The second-order valence-electron chi connectivity index (χ2n) is 4.54. The molecule has 0 unspecified atom stereocenters. The molecule has 0 spiro atoms. The number of rotatable bonds is 3. The topological polar surface area (TPSA) is 79.9 Å². The van der Waals surface area contributed by atoms with Crippen molar-refractivity contribution in [1.82, 2.24) is 15.2 Å². The fourth-order valence-corrected chi connectivity index (χ4v) is 2.27. The zero-order chi connectivity index (χ0) is 13.9. The Bertz CT molecular complexity index is 622. The summed E-state index contributed by atoms with van der Waals surface area (Å²) in [4.78, 5) is 16.1. The number of aromatic nitrogens is 3. The summed E-state index contributed by atoms with van der Waals surface area (Å²) in [5, 5.41) is 10.00. The van der Waals surface area contributed by atoms with Crippen LogP contribution in [0.4, 0.5) is 5.95 Å². The fraction of sp³-hybridized carbons (Fsp3) is 0.308. The van der Waals surface area contributed by atoms with Crippen molar-refractivity contribution < 1.29 is 9.53 Å². The lowest BCUT2D eigenvalue weighted by molar-refractivity contribution is -0.119. The van der Waals surface area contributed by atoms with E-state index in [1.807, 2.05) is 18.2 Å². The molecule has 104 valence electrons. The third-order valence-corrected chi connectivity index (χ3v) is 3.48. The van der Waals surface area contributed by atoms with Crippen LogP contribution in [-0.2, 0) is 9.53 Å². The number of carbonyl (C=O) groups excluding carboxylic acids is 1. The lowest BCUT2D eigenvalue weighted by Crippen LogP contribution is -2.23. The quantitative estimate of drug-likeness (QED) is 0.908. The van der Waals surface area contributed by atoms with Crippen LogP contribution in [0.15, 0.2) is 24.3 Å². The number of ether oxygens (including phenoxy) is 1. The second kappa shape index (κ2) is 5.60. The van der Waals surface area contributed by atoms with Crippen molar-refractivity contribution in [3.8, 4) is 11.4 Å². The van der Waals surface area contributed by atoms with Gasteiger partial charge in [0.15, 0.2) is 5.82 Å². The molecule has 1 aliphatic rings. The number of hydrogen-bond donors (Lipinski definition) is 2. The van der Waals surface area contributed by atoms with Crippen molar-refractivity contribution in [3.05, 3.63) is 29.3 Å². The molecule has 3 rings (SSSR count). The van der Waals surface area contributed by atoms with Crippen LogP contribution in [0.1, 0.15) is 6.42 Å². The van der Waals surface area contributed by atoms with Gasteiger partial charge in [-0.2, -0.15) is 4.98 Å². The Hall–Kier alpha value is -1.92. The van der Waals surface area contributed by atoms with Crippen molar-refractivity contribution in [2.45, 2.75) is 6.42 Å². The number of aromatic amines is 1. The number of nitrogens with zero attached hydrogens (tertiary/aromatic N) is 2. The van der Waals surface area contributed by atoms with Crippen LogP contribution in [0, 0.1) is 5.92 Å². The third kappa shape index (κ3) is 2.66. The molecule has 1 saturated heterocycles. The molecule has 0 bridgehead atoms. The fourth-order valence-electron chi connectivity index (χ4n) is 2.04. The van der Waals surface area contributed by atoms with E-state index in [0.29, 0.717) is 24.1 Å². The van der Waals surface area contributed by atoms with Gasteiger partial charge in [-0.15, -0.1) is 5.10 Å². The molecule has 1 aromatic heterocycles. The van der Waals surface area contributed by atoms with E-state index < -0.39 is 0 Å². The summed E-state index contributed by atoms with van der Waals surface area (Å²) in [5.41, 5.74) is 0.742. The highest BCUT2D eigenvalue weighted by atomic mass is 35.5. The van der Waals surface area contributed by atoms with Crippen molar-refractivity contribution in [1.29, 1.82) is 0 Å². The average molecular weight is 293 g/mol. The molecule has 2 N–H and O–H groups in total. The molecular formula is C13H13ClN4O2. The molecule has 1 amide bonds. The summed E-state index contributed by atoms with van der Waals surface area (Å²) in [6.45, 7) is 1.07. The van der Waals surface area contributed by atoms with Gasteiger partial charge in [0.1, 0.15) is 0 Å². The van der Waals surface area contributed by atoms with E-state index in [1.165, 1.54) is 0 Å². The van der Waals surface area contributed by atoms with E-state index in [0.717, 1.165) is 12.0 Å². The Labute approximate surface area is 120 Å². The van der Waals surface area contributed by atoms with Crippen molar-refractivity contribution >= 4 is 23.5 Å². The number of benzene rings is 1. The molecule has 20 heavy (non-hydrogen) atoms. The minimum atomic E-state index is -0.128. The van der Waals surface area contributed by atoms with Crippen molar-refractivity contribution in [3.63, 3.8) is 0 Å². The SMILES string of the molecule is O=C(Nc1n[nH]c(-c2ccccc2Cl)n1)[C@H]1CCOC1. The first-order valence-corrected chi connectivity index (χ1v) is 6.68. The van der Waals surface area contributed by atoms with Gasteiger partial charge in [-0.25, -0.2) is 0 Å². The predicted molar refractivity (Wildman–Crippen MR) is 74.4 cm³/mol. The minimum absolute atomic E-state index is 0.118. The van der Waals surface area contributed by atoms with Gasteiger partial charge < -0.3 is 4.74 Å². The van der Waals surface area contributed by atoms with Crippen LogP contribution >= 0.6 is 11.6 Å². The van der Waals surface area contributed by atoms with Gasteiger partial charge in [0.25, 0.3) is 0 Å². The standard InChI is InChI=1S/C13H13ClN4O2/c14-10-4-2-1-3-9(10)11-15-13(18-17-11)16-12(19)8-5-6-20-7-8/h1-4,8H,5-7H2,(H2,15,16,17,18,19)/t8-/m0/s1. The highest BCUT2D eigenvalue weighted by Crippen LogP contribution is 2.25. The smallest absolute Gasteiger partial charge is 0.249 e. The maximum absolute atomic E-state index is 11.9. The zero-order valence-electron chi connectivity index (χ0n) is 10.6. The van der Waals surface area contributed by atoms with E-state index in [9.17, 15) is 4.79 Å². The number of carbonyl (C=O) groups is 1.